The van der Waals surface area contributed by atoms with E-state index < -0.39 is 0 Å². The summed E-state index contributed by atoms with van der Waals surface area (Å²) in [7, 11) is 0. The normalized spacial score (nSPS) is 18.7. The molecule has 0 heterocycles. The second-order valence-electron chi connectivity index (χ2n) is 5.75. The molecule has 0 aromatic heterocycles. The molecule has 0 saturated heterocycles. The van der Waals surface area contributed by atoms with E-state index in [4.69, 9.17) is 0 Å². The Morgan fingerprint density at radius 2 is 2.17 bits per heavy atom. The van der Waals surface area contributed by atoms with Crippen LogP contribution in [0.4, 0.5) is 0 Å². The van der Waals surface area contributed by atoms with Gasteiger partial charge in [-0.2, -0.15) is 0 Å². The van der Waals surface area contributed by atoms with Gasteiger partial charge in [-0.25, -0.2) is 0 Å². The van der Waals surface area contributed by atoms with Crippen LogP contribution in [0.3, 0.4) is 0 Å². The van der Waals surface area contributed by atoms with Gasteiger partial charge in [-0.3, -0.25) is 0 Å². The Kier molecular flexibility index (Phi) is 4.60. The van der Waals surface area contributed by atoms with Crippen LogP contribution in [0.15, 0.2) is 35.9 Å². The van der Waals surface area contributed by atoms with Crippen LogP contribution in [0.1, 0.15) is 50.7 Å². The van der Waals surface area contributed by atoms with Crippen molar-refractivity contribution in [2.24, 2.45) is 0 Å². The summed E-state index contributed by atoms with van der Waals surface area (Å²) in [5.41, 5.74) is 4.67. The fourth-order valence-electron chi connectivity index (χ4n) is 2.71. The molecule has 1 aliphatic rings. The maximum absolute atomic E-state index is 3.45. The van der Waals surface area contributed by atoms with Crippen molar-refractivity contribution in [2.75, 3.05) is 6.54 Å². The quantitative estimate of drug-likeness (QED) is 0.587. The zero-order chi connectivity index (χ0) is 13.0. The molecule has 0 saturated carbocycles. The monoisotopic (exact) mass is 243 g/mol. The number of rotatable bonds is 6. The van der Waals surface area contributed by atoms with Gasteiger partial charge in [0.15, 0.2) is 0 Å². The van der Waals surface area contributed by atoms with Crippen LogP contribution in [0.2, 0.25) is 0 Å². The topological polar surface area (TPSA) is 12.0 Å². The second kappa shape index (κ2) is 6.19. The lowest BCUT2D eigenvalue weighted by molar-refractivity contribution is 0.586. The van der Waals surface area contributed by atoms with Crippen molar-refractivity contribution < 1.29 is 0 Å². The first-order chi connectivity index (χ1) is 8.66. The zero-order valence-electron chi connectivity index (χ0n) is 11.9. The Bertz CT molecular complexity index is 417. The maximum Gasteiger partial charge on any atom is 0.00105 e. The molecule has 1 atom stereocenters. The number of hydrogen-bond acceptors (Lipinski definition) is 1. The van der Waals surface area contributed by atoms with Crippen LogP contribution in [-0.4, -0.2) is 12.6 Å². The number of fused-ring (bicyclic) bond motifs is 1. The fraction of sp³-hybridized carbons (Fsp3) is 0.529. The minimum absolute atomic E-state index is 0.595. The van der Waals surface area contributed by atoms with E-state index in [1.54, 1.807) is 16.7 Å². The largest absolute Gasteiger partial charge is 0.314 e. The van der Waals surface area contributed by atoms with Gasteiger partial charge in [0.05, 0.1) is 0 Å². The summed E-state index contributed by atoms with van der Waals surface area (Å²) < 4.78 is 0. The van der Waals surface area contributed by atoms with Crippen molar-refractivity contribution in [2.45, 2.75) is 52.0 Å². The van der Waals surface area contributed by atoms with Crippen molar-refractivity contribution in [1.82, 2.24) is 5.32 Å². The second-order valence-corrected chi connectivity index (χ2v) is 5.75. The molecule has 1 aliphatic carbocycles. The van der Waals surface area contributed by atoms with Gasteiger partial charge in [0.1, 0.15) is 0 Å². The summed E-state index contributed by atoms with van der Waals surface area (Å²) in [5, 5.41) is 3.45. The van der Waals surface area contributed by atoms with Gasteiger partial charge in [0, 0.05) is 6.04 Å². The summed E-state index contributed by atoms with van der Waals surface area (Å²) in [6, 6.07) is 9.46. The lowest BCUT2D eigenvalue weighted by Crippen LogP contribution is -2.23. The molecule has 1 aromatic carbocycles. The van der Waals surface area contributed by atoms with Gasteiger partial charge in [0.25, 0.3) is 0 Å². The first-order valence-electron chi connectivity index (χ1n) is 7.13. The molecule has 1 aromatic rings. The third kappa shape index (κ3) is 3.46. The van der Waals surface area contributed by atoms with Gasteiger partial charge in [-0.15, -0.1) is 0 Å². The third-order valence-electron chi connectivity index (χ3n) is 3.72. The highest BCUT2D eigenvalue weighted by Gasteiger charge is 2.24. The molecule has 1 N–H and O–H groups in total. The Labute approximate surface area is 111 Å². The molecule has 0 fully saturated rings. The standard InChI is InChI=1S/C17H25N/c1-13(2)18-10-6-7-14(3)11-16-12-15-8-4-5-9-17(15)16/h4-5,7-9,13,16,18H,6,10-12H2,1-3H3. The van der Waals surface area contributed by atoms with E-state index in [-0.39, 0.29) is 0 Å². The molecule has 98 valence electrons. The molecular formula is C17H25N. The van der Waals surface area contributed by atoms with Crippen molar-refractivity contribution in [3.8, 4) is 0 Å². The summed E-state index contributed by atoms with van der Waals surface area (Å²) >= 11 is 0. The number of nitrogens with one attached hydrogen (secondary N) is 1. The summed E-state index contributed by atoms with van der Waals surface area (Å²) in [6.45, 7) is 7.76. The van der Waals surface area contributed by atoms with E-state index >= 15 is 0 Å². The SMILES string of the molecule is CC(=CCCNC(C)C)CC1Cc2ccccc21. The Hall–Kier alpha value is -1.08. The highest BCUT2D eigenvalue weighted by Crippen LogP contribution is 2.38. The molecule has 18 heavy (non-hydrogen) atoms. The van der Waals surface area contributed by atoms with E-state index in [0.717, 1.165) is 18.9 Å². The number of hydrogen-bond donors (Lipinski definition) is 1. The predicted molar refractivity (Wildman–Crippen MR) is 79.0 cm³/mol. The molecule has 1 unspecified atom stereocenters. The van der Waals surface area contributed by atoms with Gasteiger partial charge in [-0.1, -0.05) is 49.8 Å². The molecule has 0 radical (unpaired) electrons. The molecule has 0 bridgehead atoms. The zero-order valence-corrected chi connectivity index (χ0v) is 11.9. The average Bonchev–Trinajstić information content (AvgIpc) is 2.31. The highest BCUT2D eigenvalue weighted by atomic mass is 14.9. The molecule has 2 rings (SSSR count). The lowest BCUT2D eigenvalue weighted by Gasteiger charge is -2.30. The van der Waals surface area contributed by atoms with Crippen molar-refractivity contribution in [3.63, 3.8) is 0 Å². The molecule has 1 nitrogen and oxygen atoms in total. The molecule has 1 heteroatoms. The van der Waals surface area contributed by atoms with Gasteiger partial charge in [0.2, 0.25) is 0 Å². The van der Waals surface area contributed by atoms with E-state index in [2.05, 4.69) is 56.4 Å². The highest BCUT2D eigenvalue weighted by molar-refractivity contribution is 5.40. The van der Waals surface area contributed by atoms with Gasteiger partial charge < -0.3 is 5.32 Å². The van der Waals surface area contributed by atoms with Gasteiger partial charge in [-0.05, 0) is 49.8 Å². The smallest absolute Gasteiger partial charge is 0.00105 e. The van der Waals surface area contributed by atoms with E-state index in [1.807, 2.05) is 0 Å². The number of allylic oxidation sites excluding steroid dienone is 1. The fourth-order valence-corrected chi connectivity index (χ4v) is 2.71. The van der Waals surface area contributed by atoms with Crippen LogP contribution >= 0.6 is 0 Å². The Balaban J connectivity index is 1.76. The Morgan fingerprint density at radius 3 is 2.89 bits per heavy atom. The molecule has 0 amide bonds. The van der Waals surface area contributed by atoms with E-state index in [1.165, 1.54) is 12.8 Å². The first-order valence-corrected chi connectivity index (χ1v) is 7.13. The molecule has 0 spiro atoms. The van der Waals surface area contributed by atoms with Gasteiger partial charge >= 0.3 is 0 Å². The lowest BCUT2D eigenvalue weighted by atomic mass is 9.74. The number of benzene rings is 1. The summed E-state index contributed by atoms with van der Waals surface area (Å²) in [6.07, 6.45) is 6.05. The molecular weight excluding hydrogens is 218 g/mol. The van der Waals surface area contributed by atoms with Crippen LogP contribution in [-0.2, 0) is 6.42 Å². The Morgan fingerprint density at radius 1 is 1.39 bits per heavy atom. The van der Waals surface area contributed by atoms with Crippen molar-refractivity contribution in [3.05, 3.63) is 47.0 Å². The molecule has 0 aliphatic heterocycles. The predicted octanol–water partition coefficient (Wildman–Crippen LogP) is 4.05. The van der Waals surface area contributed by atoms with Crippen molar-refractivity contribution in [1.29, 1.82) is 0 Å². The minimum Gasteiger partial charge on any atom is -0.314 e. The van der Waals surface area contributed by atoms with Crippen LogP contribution in [0.5, 0.6) is 0 Å². The third-order valence-corrected chi connectivity index (χ3v) is 3.72. The van der Waals surface area contributed by atoms with Crippen LogP contribution in [0.25, 0.3) is 0 Å². The van der Waals surface area contributed by atoms with E-state index in [9.17, 15) is 0 Å². The van der Waals surface area contributed by atoms with Crippen LogP contribution in [0, 0.1) is 0 Å². The minimum atomic E-state index is 0.595. The average molecular weight is 243 g/mol. The van der Waals surface area contributed by atoms with Crippen LogP contribution < -0.4 is 5.32 Å². The van der Waals surface area contributed by atoms with Crippen molar-refractivity contribution >= 4 is 0 Å². The van der Waals surface area contributed by atoms with E-state index in [0.29, 0.717) is 6.04 Å². The maximum atomic E-state index is 3.45. The first kappa shape index (κ1) is 13.4. The summed E-state index contributed by atoms with van der Waals surface area (Å²) in [5.74, 6) is 0.774. The summed E-state index contributed by atoms with van der Waals surface area (Å²) in [4.78, 5) is 0.